The summed E-state index contributed by atoms with van der Waals surface area (Å²) in [7, 11) is 0. The molecule has 15 heavy (non-hydrogen) atoms. The van der Waals surface area contributed by atoms with Crippen molar-refractivity contribution in [3.8, 4) is 0 Å². The molecule has 0 heterocycles. The molecule has 2 nitrogen and oxygen atoms in total. The summed E-state index contributed by atoms with van der Waals surface area (Å²) >= 11 is 0. The van der Waals surface area contributed by atoms with E-state index in [1.165, 1.54) is 11.1 Å². The molecule has 0 radical (unpaired) electrons. The molecule has 1 amide bonds. The maximum Gasteiger partial charge on any atom is 0.217 e. The maximum atomic E-state index is 10.5. The van der Waals surface area contributed by atoms with Crippen LogP contribution < -0.4 is 5.73 Å². The Morgan fingerprint density at radius 2 is 1.73 bits per heavy atom. The first kappa shape index (κ1) is 11.8. The fourth-order valence-electron chi connectivity index (χ4n) is 1.57. The molecule has 2 heteroatoms. The number of carbonyl (C=O) groups is 1. The third-order valence-corrected chi connectivity index (χ3v) is 2.57. The van der Waals surface area contributed by atoms with Gasteiger partial charge in [0.2, 0.25) is 5.91 Å². The van der Waals surface area contributed by atoms with Gasteiger partial charge >= 0.3 is 0 Å². The van der Waals surface area contributed by atoms with Gasteiger partial charge in [0.05, 0.1) is 0 Å². The van der Waals surface area contributed by atoms with Crippen molar-refractivity contribution in [2.24, 2.45) is 5.73 Å². The van der Waals surface area contributed by atoms with Crippen LogP contribution in [0.5, 0.6) is 0 Å². The second kappa shape index (κ2) is 6.23. The van der Waals surface area contributed by atoms with Gasteiger partial charge in [-0.25, -0.2) is 0 Å². The number of aryl methyl sites for hydroxylation is 2. The molecular formula is C13H19NO. The fraction of sp³-hybridized carbons (Fsp3) is 0.462. The number of rotatable bonds is 6. The average molecular weight is 205 g/mol. The van der Waals surface area contributed by atoms with Gasteiger partial charge in [-0.1, -0.05) is 31.2 Å². The standard InChI is InChI=1S/C13H19NO/c1-2-11-7-9-12(10-8-11)5-3-4-6-13(14)15/h7-10H,2-6H2,1H3,(H2,14,15). The summed E-state index contributed by atoms with van der Waals surface area (Å²) < 4.78 is 0. The molecule has 0 atom stereocenters. The highest BCUT2D eigenvalue weighted by Crippen LogP contribution is 2.09. The number of amides is 1. The topological polar surface area (TPSA) is 43.1 Å². The maximum absolute atomic E-state index is 10.5. The predicted molar refractivity (Wildman–Crippen MR) is 62.6 cm³/mol. The summed E-state index contributed by atoms with van der Waals surface area (Å²) in [6, 6.07) is 8.68. The Kier molecular flexibility index (Phi) is 4.88. The molecule has 1 aromatic rings. The van der Waals surface area contributed by atoms with Crippen LogP contribution in [0.2, 0.25) is 0 Å². The van der Waals surface area contributed by atoms with Crippen LogP contribution in [0.15, 0.2) is 24.3 Å². The van der Waals surface area contributed by atoms with Crippen LogP contribution in [-0.2, 0) is 17.6 Å². The Morgan fingerprint density at radius 3 is 2.27 bits per heavy atom. The zero-order valence-electron chi connectivity index (χ0n) is 9.33. The highest BCUT2D eigenvalue weighted by Gasteiger charge is 1.96. The van der Waals surface area contributed by atoms with E-state index < -0.39 is 0 Å². The SMILES string of the molecule is CCc1ccc(CCCCC(N)=O)cc1. The van der Waals surface area contributed by atoms with Crippen molar-refractivity contribution in [1.29, 1.82) is 0 Å². The summed E-state index contributed by atoms with van der Waals surface area (Å²) in [6.07, 6.45) is 4.56. The molecule has 0 bridgehead atoms. The Bertz CT molecular complexity index is 303. The minimum atomic E-state index is -0.198. The normalized spacial score (nSPS) is 10.2. The first-order chi connectivity index (χ1) is 7.22. The summed E-state index contributed by atoms with van der Waals surface area (Å²) in [5.41, 5.74) is 7.79. The largest absolute Gasteiger partial charge is 0.370 e. The highest BCUT2D eigenvalue weighted by molar-refractivity contribution is 5.73. The summed E-state index contributed by atoms with van der Waals surface area (Å²) in [4.78, 5) is 10.5. The number of hydrogen-bond acceptors (Lipinski definition) is 1. The Hall–Kier alpha value is -1.31. The van der Waals surface area contributed by atoms with E-state index >= 15 is 0 Å². The average Bonchev–Trinajstić information content (AvgIpc) is 2.25. The van der Waals surface area contributed by atoms with Gasteiger partial charge in [-0.05, 0) is 36.8 Å². The minimum absolute atomic E-state index is 0.198. The van der Waals surface area contributed by atoms with E-state index in [2.05, 4.69) is 31.2 Å². The van der Waals surface area contributed by atoms with E-state index in [4.69, 9.17) is 5.73 Å². The molecule has 0 fully saturated rings. The molecule has 82 valence electrons. The van der Waals surface area contributed by atoms with E-state index in [0.717, 1.165) is 25.7 Å². The third kappa shape index (κ3) is 4.63. The van der Waals surface area contributed by atoms with Crippen molar-refractivity contribution >= 4 is 5.91 Å². The van der Waals surface area contributed by atoms with Gasteiger partial charge in [0.15, 0.2) is 0 Å². The van der Waals surface area contributed by atoms with Crippen LogP contribution >= 0.6 is 0 Å². The number of benzene rings is 1. The lowest BCUT2D eigenvalue weighted by atomic mass is 10.0. The van der Waals surface area contributed by atoms with Crippen molar-refractivity contribution in [2.75, 3.05) is 0 Å². The predicted octanol–water partition coefficient (Wildman–Crippen LogP) is 2.45. The van der Waals surface area contributed by atoms with Crippen LogP contribution in [0, 0.1) is 0 Å². The van der Waals surface area contributed by atoms with Crippen LogP contribution in [-0.4, -0.2) is 5.91 Å². The molecule has 0 spiro atoms. The molecule has 0 unspecified atom stereocenters. The summed E-state index contributed by atoms with van der Waals surface area (Å²) in [6.45, 7) is 2.15. The quantitative estimate of drug-likeness (QED) is 0.712. The van der Waals surface area contributed by atoms with Crippen molar-refractivity contribution in [3.05, 3.63) is 35.4 Å². The number of primary amides is 1. The minimum Gasteiger partial charge on any atom is -0.370 e. The number of hydrogen-bond donors (Lipinski definition) is 1. The Morgan fingerprint density at radius 1 is 1.13 bits per heavy atom. The first-order valence-electron chi connectivity index (χ1n) is 5.58. The molecular weight excluding hydrogens is 186 g/mol. The van der Waals surface area contributed by atoms with Gasteiger partial charge in [-0.15, -0.1) is 0 Å². The van der Waals surface area contributed by atoms with E-state index in [9.17, 15) is 4.79 Å². The molecule has 2 N–H and O–H groups in total. The summed E-state index contributed by atoms with van der Waals surface area (Å²) in [5, 5.41) is 0. The monoisotopic (exact) mass is 205 g/mol. The third-order valence-electron chi connectivity index (χ3n) is 2.57. The van der Waals surface area contributed by atoms with Crippen molar-refractivity contribution < 1.29 is 4.79 Å². The number of nitrogens with two attached hydrogens (primary N) is 1. The fourth-order valence-corrected chi connectivity index (χ4v) is 1.57. The molecule has 0 saturated carbocycles. The lowest BCUT2D eigenvalue weighted by Crippen LogP contribution is -2.09. The molecule has 1 rings (SSSR count). The second-order valence-corrected chi connectivity index (χ2v) is 3.84. The lowest BCUT2D eigenvalue weighted by Gasteiger charge is -2.02. The van der Waals surface area contributed by atoms with Crippen molar-refractivity contribution in [2.45, 2.75) is 39.0 Å². The zero-order valence-corrected chi connectivity index (χ0v) is 9.33. The molecule has 0 aromatic heterocycles. The summed E-state index contributed by atoms with van der Waals surface area (Å²) in [5.74, 6) is -0.198. The van der Waals surface area contributed by atoms with Gasteiger partial charge in [0.25, 0.3) is 0 Å². The van der Waals surface area contributed by atoms with Crippen LogP contribution in [0.4, 0.5) is 0 Å². The first-order valence-corrected chi connectivity index (χ1v) is 5.58. The van der Waals surface area contributed by atoms with Crippen LogP contribution in [0.3, 0.4) is 0 Å². The van der Waals surface area contributed by atoms with E-state index in [1.54, 1.807) is 0 Å². The Labute approximate surface area is 91.5 Å². The van der Waals surface area contributed by atoms with Crippen molar-refractivity contribution in [1.82, 2.24) is 0 Å². The van der Waals surface area contributed by atoms with Gasteiger partial charge < -0.3 is 5.73 Å². The van der Waals surface area contributed by atoms with Gasteiger partial charge in [0, 0.05) is 6.42 Å². The molecule has 1 aromatic carbocycles. The van der Waals surface area contributed by atoms with Gasteiger partial charge in [-0.3, -0.25) is 4.79 Å². The van der Waals surface area contributed by atoms with Gasteiger partial charge in [-0.2, -0.15) is 0 Å². The molecule has 0 aliphatic rings. The Balaban J connectivity index is 2.28. The number of carbonyl (C=O) groups excluding carboxylic acids is 1. The van der Waals surface area contributed by atoms with E-state index in [1.807, 2.05) is 0 Å². The smallest absolute Gasteiger partial charge is 0.217 e. The van der Waals surface area contributed by atoms with E-state index in [0.29, 0.717) is 6.42 Å². The van der Waals surface area contributed by atoms with Crippen LogP contribution in [0.1, 0.15) is 37.3 Å². The van der Waals surface area contributed by atoms with Gasteiger partial charge in [0.1, 0.15) is 0 Å². The van der Waals surface area contributed by atoms with E-state index in [-0.39, 0.29) is 5.91 Å². The second-order valence-electron chi connectivity index (χ2n) is 3.84. The van der Waals surface area contributed by atoms with Crippen molar-refractivity contribution in [3.63, 3.8) is 0 Å². The molecule has 0 saturated heterocycles. The lowest BCUT2D eigenvalue weighted by molar-refractivity contribution is -0.118. The van der Waals surface area contributed by atoms with Crippen LogP contribution in [0.25, 0.3) is 0 Å². The molecule has 0 aliphatic carbocycles. The molecule has 0 aliphatic heterocycles. The highest BCUT2D eigenvalue weighted by atomic mass is 16.1. The zero-order chi connectivity index (χ0) is 11.1. The number of unbranched alkanes of at least 4 members (excludes halogenated alkanes) is 1.